The Labute approximate surface area is 130 Å². The van der Waals surface area contributed by atoms with E-state index < -0.39 is 0 Å². The van der Waals surface area contributed by atoms with Gasteiger partial charge in [0, 0.05) is 30.9 Å². The molecule has 2 aliphatic heterocycles. The van der Waals surface area contributed by atoms with Crippen molar-refractivity contribution in [1.29, 1.82) is 0 Å². The summed E-state index contributed by atoms with van der Waals surface area (Å²) in [6.45, 7) is 4.13. The van der Waals surface area contributed by atoms with Gasteiger partial charge in [-0.15, -0.1) is 0 Å². The Morgan fingerprint density at radius 2 is 2.32 bits per heavy atom. The zero-order chi connectivity index (χ0) is 15.5. The number of anilines is 1. The van der Waals surface area contributed by atoms with Crippen LogP contribution in [0, 0.1) is 0 Å². The Morgan fingerprint density at radius 3 is 3.05 bits per heavy atom. The van der Waals surface area contributed by atoms with Gasteiger partial charge in [0.25, 0.3) is 5.91 Å². The summed E-state index contributed by atoms with van der Waals surface area (Å²) in [6, 6.07) is 5.52. The molecule has 0 saturated carbocycles. The third-order valence-electron chi connectivity index (χ3n) is 4.24. The van der Waals surface area contributed by atoms with E-state index >= 15 is 0 Å². The van der Waals surface area contributed by atoms with Crippen molar-refractivity contribution in [1.82, 2.24) is 5.32 Å². The zero-order valence-electron chi connectivity index (χ0n) is 12.9. The van der Waals surface area contributed by atoms with E-state index in [0.717, 1.165) is 43.7 Å². The Balaban J connectivity index is 1.67. The molecule has 1 N–H and O–H groups in total. The SMILES string of the molecule is CCCN1C(=O)Cc2cc(C(=O)NC[C@H]3CCCO3)ccc21. The first-order valence-corrected chi connectivity index (χ1v) is 8.02. The van der Waals surface area contributed by atoms with Crippen LogP contribution < -0.4 is 10.2 Å². The number of hydrogen-bond donors (Lipinski definition) is 1. The van der Waals surface area contributed by atoms with Crippen LogP contribution >= 0.6 is 0 Å². The average molecular weight is 302 g/mol. The Morgan fingerprint density at radius 1 is 1.45 bits per heavy atom. The van der Waals surface area contributed by atoms with Gasteiger partial charge in [0.1, 0.15) is 0 Å². The number of nitrogens with zero attached hydrogens (tertiary/aromatic N) is 1. The second kappa shape index (κ2) is 6.48. The Kier molecular flexibility index (Phi) is 4.43. The number of amides is 2. The maximum absolute atomic E-state index is 12.2. The maximum atomic E-state index is 12.2. The minimum absolute atomic E-state index is 0.0975. The van der Waals surface area contributed by atoms with Crippen LogP contribution in [0.3, 0.4) is 0 Å². The topological polar surface area (TPSA) is 58.6 Å². The van der Waals surface area contributed by atoms with E-state index in [9.17, 15) is 9.59 Å². The van der Waals surface area contributed by atoms with Crippen molar-refractivity contribution in [2.75, 3.05) is 24.6 Å². The number of carbonyl (C=O) groups is 2. The predicted molar refractivity (Wildman–Crippen MR) is 84.1 cm³/mol. The van der Waals surface area contributed by atoms with Crippen LogP contribution in [0.1, 0.15) is 42.1 Å². The highest BCUT2D eigenvalue weighted by Crippen LogP contribution is 2.29. The second-order valence-electron chi connectivity index (χ2n) is 5.91. The summed E-state index contributed by atoms with van der Waals surface area (Å²) in [6.07, 6.45) is 3.52. The van der Waals surface area contributed by atoms with Crippen molar-refractivity contribution in [3.63, 3.8) is 0 Å². The van der Waals surface area contributed by atoms with E-state index in [1.807, 2.05) is 17.0 Å². The molecule has 1 aromatic carbocycles. The molecule has 0 radical (unpaired) electrons. The molecule has 1 saturated heterocycles. The van der Waals surface area contributed by atoms with Gasteiger partial charge < -0.3 is 15.0 Å². The van der Waals surface area contributed by atoms with Gasteiger partial charge in [-0.25, -0.2) is 0 Å². The number of hydrogen-bond acceptors (Lipinski definition) is 3. The molecule has 0 bridgehead atoms. The van der Waals surface area contributed by atoms with Gasteiger partial charge in [-0.05, 0) is 43.0 Å². The Bertz CT molecular complexity index is 579. The molecule has 5 nitrogen and oxygen atoms in total. The predicted octanol–water partition coefficient (Wildman–Crippen LogP) is 1.89. The highest BCUT2D eigenvalue weighted by molar-refractivity contribution is 6.03. The smallest absolute Gasteiger partial charge is 0.251 e. The largest absolute Gasteiger partial charge is 0.376 e. The van der Waals surface area contributed by atoms with Crippen molar-refractivity contribution in [2.45, 2.75) is 38.7 Å². The fourth-order valence-corrected chi connectivity index (χ4v) is 3.11. The minimum Gasteiger partial charge on any atom is -0.376 e. The van der Waals surface area contributed by atoms with E-state index in [2.05, 4.69) is 12.2 Å². The number of benzene rings is 1. The van der Waals surface area contributed by atoms with Gasteiger partial charge in [-0.3, -0.25) is 9.59 Å². The molecule has 2 amide bonds. The van der Waals surface area contributed by atoms with Gasteiger partial charge in [0.05, 0.1) is 12.5 Å². The van der Waals surface area contributed by atoms with Crippen LogP contribution in [0.5, 0.6) is 0 Å². The van der Waals surface area contributed by atoms with Crippen molar-refractivity contribution < 1.29 is 14.3 Å². The summed E-state index contributed by atoms with van der Waals surface area (Å²) in [4.78, 5) is 26.0. The number of ether oxygens (including phenoxy) is 1. The molecule has 0 unspecified atom stereocenters. The van der Waals surface area contributed by atoms with Gasteiger partial charge in [0.15, 0.2) is 0 Å². The molecule has 1 fully saturated rings. The van der Waals surface area contributed by atoms with Crippen molar-refractivity contribution in [3.8, 4) is 0 Å². The first kappa shape index (κ1) is 15.0. The third kappa shape index (κ3) is 2.99. The molecule has 22 heavy (non-hydrogen) atoms. The van der Waals surface area contributed by atoms with Crippen LogP contribution in [0.4, 0.5) is 5.69 Å². The number of nitrogens with one attached hydrogen (secondary N) is 1. The minimum atomic E-state index is -0.0975. The van der Waals surface area contributed by atoms with E-state index in [-0.39, 0.29) is 17.9 Å². The molecule has 1 atom stereocenters. The first-order valence-electron chi connectivity index (χ1n) is 8.02. The van der Waals surface area contributed by atoms with E-state index in [1.54, 1.807) is 6.07 Å². The summed E-state index contributed by atoms with van der Waals surface area (Å²) in [7, 11) is 0. The number of carbonyl (C=O) groups excluding carboxylic acids is 2. The van der Waals surface area contributed by atoms with Crippen LogP contribution in [0.2, 0.25) is 0 Å². The van der Waals surface area contributed by atoms with Crippen molar-refractivity contribution in [2.24, 2.45) is 0 Å². The molecule has 2 aliphatic rings. The van der Waals surface area contributed by atoms with Crippen LogP contribution in [-0.2, 0) is 16.0 Å². The van der Waals surface area contributed by atoms with Crippen LogP contribution in [0.25, 0.3) is 0 Å². The summed E-state index contributed by atoms with van der Waals surface area (Å²) in [5, 5.41) is 2.92. The first-order chi connectivity index (χ1) is 10.7. The third-order valence-corrected chi connectivity index (χ3v) is 4.24. The number of rotatable bonds is 5. The summed E-state index contributed by atoms with van der Waals surface area (Å²) in [5.74, 6) is 0.0217. The summed E-state index contributed by atoms with van der Waals surface area (Å²) in [5.41, 5.74) is 2.51. The normalized spacial score (nSPS) is 20.3. The highest BCUT2D eigenvalue weighted by atomic mass is 16.5. The molecule has 3 rings (SSSR count). The molecule has 1 aromatic rings. The molecular formula is C17H22N2O3. The molecule has 0 aromatic heterocycles. The monoisotopic (exact) mass is 302 g/mol. The van der Waals surface area contributed by atoms with Gasteiger partial charge >= 0.3 is 0 Å². The molecule has 2 heterocycles. The lowest BCUT2D eigenvalue weighted by molar-refractivity contribution is -0.117. The van der Waals surface area contributed by atoms with Gasteiger partial charge in [0.2, 0.25) is 5.91 Å². The second-order valence-corrected chi connectivity index (χ2v) is 5.91. The average Bonchev–Trinajstić information content (AvgIpc) is 3.13. The maximum Gasteiger partial charge on any atom is 0.251 e. The number of fused-ring (bicyclic) bond motifs is 1. The van der Waals surface area contributed by atoms with Gasteiger partial charge in [-0.1, -0.05) is 6.92 Å². The summed E-state index contributed by atoms with van der Waals surface area (Å²) < 4.78 is 5.50. The fraction of sp³-hybridized carbons (Fsp3) is 0.529. The van der Waals surface area contributed by atoms with Crippen molar-refractivity contribution >= 4 is 17.5 Å². The van der Waals surface area contributed by atoms with E-state index in [1.165, 1.54) is 0 Å². The molecule has 118 valence electrons. The fourth-order valence-electron chi connectivity index (χ4n) is 3.11. The lowest BCUT2D eigenvalue weighted by atomic mass is 10.1. The lowest BCUT2D eigenvalue weighted by Gasteiger charge is -2.16. The van der Waals surface area contributed by atoms with Crippen LogP contribution in [-0.4, -0.2) is 37.6 Å². The zero-order valence-corrected chi connectivity index (χ0v) is 12.9. The Hall–Kier alpha value is -1.88. The van der Waals surface area contributed by atoms with Crippen LogP contribution in [0.15, 0.2) is 18.2 Å². The van der Waals surface area contributed by atoms with E-state index in [0.29, 0.717) is 18.5 Å². The van der Waals surface area contributed by atoms with Gasteiger partial charge in [-0.2, -0.15) is 0 Å². The highest BCUT2D eigenvalue weighted by Gasteiger charge is 2.27. The molecule has 0 spiro atoms. The quantitative estimate of drug-likeness (QED) is 0.903. The van der Waals surface area contributed by atoms with Crippen molar-refractivity contribution in [3.05, 3.63) is 29.3 Å². The summed E-state index contributed by atoms with van der Waals surface area (Å²) >= 11 is 0. The molecular weight excluding hydrogens is 280 g/mol. The van der Waals surface area contributed by atoms with E-state index in [4.69, 9.17) is 4.74 Å². The standard InChI is InChI=1S/C17H22N2O3/c1-2-7-19-15-6-5-12(9-13(15)10-16(19)20)17(21)18-11-14-4-3-8-22-14/h5-6,9,14H,2-4,7-8,10-11H2,1H3,(H,18,21)/t14-/m1/s1. The lowest BCUT2D eigenvalue weighted by Crippen LogP contribution is -2.31. The molecule has 0 aliphatic carbocycles. The molecule has 5 heteroatoms.